The molecule has 23 heavy (non-hydrogen) atoms. The Labute approximate surface area is 129 Å². The third-order valence-electron chi connectivity index (χ3n) is 3.52. The number of amides is 1. The van der Waals surface area contributed by atoms with Crippen molar-refractivity contribution in [3.63, 3.8) is 0 Å². The monoisotopic (exact) mass is 320 g/mol. The molecule has 0 saturated heterocycles. The van der Waals surface area contributed by atoms with Crippen LogP contribution < -0.4 is 5.32 Å². The zero-order valence-electron chi connectivity index (χ0n) is 12.0. The second-order valence-electron chi connectivity index (χ2n) is 4.93. The first-order valence-corrected chi connectivity index (χ1v) is 6.68. The summed E-state index contributed by atoms with van der Waals surface area (Å²) in [5.74, 6) is -0.497. The van der Waals surface area contributed by atoms with Gasteiger partial charge < -0.3 is 5.32 Å². The van der Waals surface area contributed by atoms with E-state index in [2.05, 4.69) is 20.3 Å². The Morgan fingerprint density at radius 3 is 2.74 bits per heavy atom. The highest BCUT2D eigenvalue weighted by molar-refractivity contribution is 6.02. The van der Waals surface area contributed by atoms with Gasteiger partial charge in [-0.15, -0.1) is 0 Å². The molecule has 1 aromatic heterocycles. The number of aromatic nitrogens is 2. The Morgan fingerprint density at radius 2 is 2.04 bits per heavy atom. The Kier molecular flexibility index (Phi) is 3.59. The number of carbonyl (C=O) groups is 1. The normalized spacial score (nSPS) is 13.0. The van der Waals surface area contributed by atoms with E-state index in [4.69, 9.17) is 0 Å². The van der Waals surface area contributed by atoms with Gasteiger partial charge in [-0.2, -0.15) is 13.2 Å². The molecular formula is C15H11F3N4O. The fourth-order valence-corrected chi connectivity index (χ4v) is 2.44. The van der Waals surface area contributed by atoms with Crippen molar-refractivity contribution in [2.24, 2.45) is 4.99 Å². The van der Waals surface area contributed by atoms with Crippen molar-refractivity contribution >= 4 is 12.1 Å². The molecule has 0 atom stereocenters. The molecule has 118 valence electrons. The predicted octanol–water partition coefficient (Wildman–Crippen LogP) is 2.45. The summed E-state index contributed by atoms with van der Waals surface area (Å²) in [7, 11) is 1.42. The smallest absolute Gasteiger partial charge is 0.354 e. The first kappa shape index (κ1) is 15.1. The standard InChI is InChI=1S/C15H11F3N4O/c1-19-14(23)13-12(6-21-7-22-13)10-3-9(15(16,17)18)2-8-4-20-5-11(8)10/h2-3,5-7H,4H2,1H3,(H,19,23). The molecule has 5 nitrogen and oxygen atoms in total. The van der Waals surface area contributed by atoms with Crippen LogP contribution in [0.3, 0.4) is 0 Å². The van der Waals surface area contributed by atoms with Crippen molar-refractivity contribution in [3.8, 4) is 11.1 Å². The lowest BCUT2D eigenvalue weighted by molar-refractivity contribution is -0.137. The van der Waals surface area contributed by atoms with Crippen molar-refractivity contribution in [2.75, 3.05) is 7.05 Å². The van der Waals surface area contributed by atoms with Crippen LogP contribution in [0.1, 0.15) is 27.2 Å². The van der Waals surface area contributed by atoms with Crippen LogP contribution in [0.5, 0.6) is 0 Å². The van der Waals surface area contributed by atoms with Gasteiger partial charge in [-0.1, -0.05) is 0 Å². The van der Waals surface area contributed by atoms with E-state index in [1.54, 1.807) is 0 Å². The lowest BCUT2D eigenvalue weighted by Gasteiger charge is -2.14. The third kappa shape index (κ3) is 2.67. The van der Waals surface area contributed by atoms with E-state index in [1.165, 1.54) is 25.8 Å². The molecule has 0 saturated carbocycles. The summed E-state index contributed by atoms with van der Waals surface area (Å²) in [6.07, 6.45) is -0.476. The lowest BCUT2D eigenvalue weighted by Crippen LogP contribution is -2.20. The van der Waals surface area contributed by atoms with Crippen LogP contribution in [0, 0.1) is 0 Å². The zero-order chi connectivity index (χ0) is 16.6. The van der Waals surface area contributed by atoms with Gasteiger partial charge in [0.1, 0.15) is 12.0 Å². The van der Waals surface area contributed by atoms with E-state index in [0.717, 1.165) is 12.1 Å². The molecule has 0 aliphatic carbocycles. The first-order valence-electron chi connectivity index (χ1n) is 6.68. The summed E-state index contributed by atoms with van der Waals surface area (Å²) in [6, 6.07) is 2.08. The Morgan fingerprint density at radius 1 is 1.26 bits per heavy atom. The molecule has 1 N–H and O–H groups in total. The van der Waals surface area contributed by atoms with Gasteiger partial charge in [0.2, 0.25) is 0 Å². The summed E-state index contributed by atoms with van der Waals surface area (Å²) in [6.45, 7) is 0.176. The molecule has 1 aliphatic rings. The summed E-state index contributed by atoms with van der Waals surface area (Å²) < 4.78 is 39.4. The maximum Gasteiger partial charge on any atom is 0.416 e. The van der Waals surface area contributed by atoms with Crippen LogP contribution in [0.2, 0.25) is 0 Å². The molecule has 3 rings (SSSR count). The molecule has 8 heteroatoms. The number of rotatable bonds is 2. The molecule has 2 aromatic rings. The Bertz CT molecular complexity index is 815. The Balaban J connectivity index is 2.27. The van der Waals surface area contributed by atoms with Crippen LogP contribution in [-0.4, -0.2) is 29.1 Å². The van der Waals surface area contributed by atoms with Crippen molar-refractivity contribution in [3.05, 3.63) is 47.0 Å². The number of hydrogen-bond donors (Lipinski definition) is 1. The zero-order valence-corrected chi connectivity index (χ0v) is 12.0. The maximum absolute atomic E-state index is 13.1. The predicted molar refractivity (Wildman–Crippen MR) is 77.2 cm³/mol. The molecule has 1 amide bonds. The fourth-order valence-electron chi connectivity index (χ4n) is 2.44. The molecule has 0 bridgehead atoms. The van der Waals surface area contributed by atoms with Gasteiger partial charge in [-0.25, -0.2) is 9.97 Å². The molecule has 0 radical (unpaired) electrons. The molecule has 0 spiro atoms. The summed E-state index contributed by atoms with van der Waals surface area (Å²) in [4.78, 5) is 23.7. The highest BCUT2D eigenvalue weighted by Crippen LogP contribution is 2.37. The first-order chi connectivity index (χ1) is 10.9. The van der Waals surface area contributed by atoms with Crippen molar-refractivity contribution in [1.29, 1.82) is 0 Å². The van der Waals surface area contributed by atoms with Crippen LogP contribution in [0.4, 0.5) is 13.2 Å². The topological polar surface area (TPSA) is 67.2 Å². The number of hydrogen-bond acceptors (Lipinski definition) is 4. The van der Waals surface area contributed by atoms with Crippen LogP contribution in [-0.2, 0) is 12.7 Å². The molecule has 1 aliphatic heterocycles. The van der Waals surface area contributed by atoms with Crippen molar-refractivity contribution < 1.29 is 18.0 Å². The number of fused-ring (bicyclic) bond motifs is 1. The number of nitrogens with one attached hydrogen (secondary N) is 1. The maximum atomic E-state index is 13.1. The number of alkyl halides is 3. The number of nitrogens with zero attached hydrogens (tertiary/aromatic N) is 3. The van der Waals surface area contributed by atoms with Gasteiger partial charge in [0.05, 0.1) is 12.1 Å². The molecular weight excluding hydrogens is 309 g/mol. The van der Waals surface area contributed by atoms with Crippen molar-refractivity contribution in [2.45, 2.75) is 12.7 Å². The van der Waals surface area contributed by atoms with Gasteiger partial charge in [0.15, 0.2) is 0 Å². The average molecular weight is 320 g/mol. The van der Waals surface area contributed by atoms with E-state index in [1.807, 2.05) is 0 Å². The lowest BCUT2D eigenvalue weighted by atomic mass is 9.94. The second kappa shape index (κ2) is 5.45. The van der Waals surface area contributed by atoms with E-state index in [-0.39, 0.29) is 23.4 Å². The minimum absolute atomic E-state index is 0.0179. The summed E-state index contributed by atoms with van der Waals surface area (Å²) in [5.41, 5.74) is 0.727. The highest BCUT2D eigenvalue weighted by atomic mass is 19.4. The van der Waals surface area contributed by atoms with E-state index < -0.39 is 17.6 Å². The average Bonchev–Trinajstić information content (AvgIpc) is 3.01. The second-order valence-corrected chi connectivity index (χ2v) is 4.93. The van der Waals surface area contributed by atoms with Crippen LogP contribution in [0.25, 0.3) is 11.1 Å². The minimum Gasteiger partial charge on any atom is -0.354 e. The number of aliphatic imine (C=N–C) groups is 1. The van der Waals surface area contributed by atoms with Gasteiger partial charge in [0.25, 0.3) is 5.91 Å². The van der Waals surface area contributed by atoms with E-state index >= 15 is 0 Å². The Hall–Kier alpha value is -2.77. The van der Waals surface area contributed by atoms with E-state index in [0.29, 0.717) is 11.1 Å². The third-order valence-corrected chi connectivity index (χ3v) is 3.52. The summed E-state index contributed by atoms with van der Waals surface area (Å²) in [5, 5.41) is 2.42. The number of benzene rings is 1. The van der Waals surface area contributed by atoms with E-state index in [9.17, 15) is 18.0 Å². The molecule has 0 unspecified atom stereocenters. The summed E-state index contributed by atoms with van der Waals surface area (Å²) >= 11 is 0. The number of carbonyl (C=O) groups excluding carboxylic acids is 1. The largest absolute Gasteiger partial charge is 0.416 e. The van der Waals surface area contributed by atoms with Gasteiger partial charge in [0, 0.05) is 30.6 Å². The SMILES string of the molecule is CNC(=O)c1ncncc1-c1cc(C(F)(F)F)cc2c1C=NC2. The van der Waals surface area contributed by atoms with Gasteiger partial charge in [-0.05, 0) is 23.3 Å². The minimum atomic E-state index is -4.49. The quantitative estimate of drug-likeness (QED) is 0.924. The molecule has 2 heterocycles. The van der Waals surface area contributed by atoms with Gasteiger partial charge in [-0.3, -0.25) is 9.79 Å². The van der Waals surface area contributed by atoms with Crippen molar-refractivity contribution in [1.82, 2.24) is 15.3 Å². The van der Waals surface area contributed by atoms with Crippen LogP contribution >= 0.6 is 0 Å². The molecule has 1 aromatic carbocycles. The highest BCUT2D eigenvalue weighted by Gasteiger charge is 2.33. The molecule has 0 fully saturated rings. The number of halogens is 3. The van der Waals surface area contributed by atoms with Crippen LogP contribution in [0.15, 0.2) is 29.6 Å². The van der Waals surface area contributed by atoms with Gasteiger partial charge >= 0.3 is 6.18 Å². The fraction of sp³-hybridized carbons (Fsp3) is 0.200.